The number of nitrogens with zero attached hydrogens (tertiary/aromatic N) is 1. The van der Waals surface area contributed by atoms with Gasteiger partial charge in [0.15, 0.2) is 0 Å². The predicted molar refractivity (Wildman–Crippen MR) is 48.8 cm³/mol. The Hall–Kier alpha value is -2.24. The van der Waals surface area contributed by atoms with Crippen LogP contribution in [-0.4, -0.2) is 16.2 Å². The number of halogens is 2. The summed E-state index contributed by atoms with van der Waals surface area (Å²) in [4.78, 5) is 10.5. The second kappa shape index (κ2) is 3.73. The molecule has 0 bridgehead atoms. The second-order valence-corrected chi connectivity index (χ2v) is 3.01. The van der Waals surface area contributed by atoms with Crippen LogP contribution in [0.3, 0.4) is 0 Å². The van der Waals surface area contributed by atoms with Crippen molar-refractivity contribution in [2.24, 2.45) is 0 Å². The molecule has 0 atom stereocenters. The van der Waals surface area contributed by atoms with Crippen LogP contribution >= 0.6 is 0 Å². The summed E-state index contributed by atoms with van der Waals surface area (Å²) in [6.07, 6.45) is 0. The summed E-state index contributed by atoms with van der Waals surface area (Å²) in [5.74, 6) is -3.10. The van der Waals surface area contributed by atoms with Gasteiger partial charge in [-0.15, -0.1) is 0 Å². The molecular weight excluding hydrogens is 220 g/mol. The van der Waals surface area contributed by atoms with Crippen molar-refractivity contribution in [1.82, 2.24) is 5.16 Å². The van der Waals surface area contributed by atoms with Crippen molar-refractivity contribution in [3.63, 3.8) is 0 Å². The van der Waals surface area contributed by atoms with Gasteiger partial charge in [-0.3, -0.25) is 0 Å². The molecule has 6 heteroatoms. The Kier molecular flexibility index (Phi) is 2.40. The lowest BCUT2D eigenvalue weighted by atomic mass is 10.1. The molecule has 0 spiro atoms. The van der Waals surface area contributed by atoms with E-state index in [4.69, 9.17) is 5.11 Å². The van der Waals surface area contributed by atoms with Crippen LogP contribution in [0.1, 0.15) is 10.6 Å². The standard InChI is InChI=1S/C10H5F2NO3/c11-5-1-2-7(12)6(3-5)8-4-9(10(14)15)16-13-8/h1-4H,(H,14,15). The fraction of sp³-hybridized carbons (Fsp3) is 0. The molecule has 0 amide bonds. The predicted octanol–water partition coefficient (Wildman–Crippen LogP) is 2.32. The van der Waals surface area contributed by atoms with Crippen molar-refractivity contribution in [3.8, 4) is 11.3 Å². The van der Waals surface area contributed by atoms with Gasteiger partial charge in [0, 0.05) is 11.6 Å². The molecule has 1 aromatic heterocycles. The van der Waals surface area contributed by atoms with E-state index in [0.717, 1.165) is 24.3 Å². The van der Waals surface area contributed by atoms with Gasteiger partial charge in [0.1, 0.15) is 17.3 Å². The van der Waals surface area contributed by atoms with Crippen molar-refractivity contribution in [2.75, 3.05) is 0 Å². The van der Waals surface area contributed by atoms with E-state index < -0.39 is 23.4 Å². The fourth-order valence-electron chi connectivity index (χ4n) is 1.20. The average Bonchev–Trinajstić information content (AvgIpc) is 2.70. The Labute approximate surface area is 88.1 Å². The highest BCUT2D eigenvalue weighted by atomic mass is 19.1. The van der Waals surface area contributed by atoms with Gasteiger partial charge in [-0.25, -0.2) is 13.6 Å². The number of carboxylic acids is 1. The van der Waals surface area contributed by atoms with E-state index in [1.807, 2.05) is 0 Å². The normalized spacial score (nSPS) is 10.4. The van der Waals surface area contributed by atoms with E-state index in [0.29, 0.717) is 0 Å². The third-order valence-electron chi connectivity index (χ3n) is 1.93. The van der Waals surface area contributed by atoms with Crippen molar-refractivity contribution in [1.29, 1.82) is 0 Å². The molecule has 0 aliphatic carbocycles. The van der Waals surface area contributed by atoms with Gasteiger partial charge in [-0.05, 0) is 18.2 Å². The number of benzene rings is 1. The molecule has 0 saturated heterocycles. The number of aromatic nitrogens is 1. The number of carbonyl (C=O) groups is 1. The topological polar surface area (TPSA) is 63.3 Å². The van der Waals surface area contributed by atoms with Crippen molar-refractivity contribution < 1.29 is 23.2 Å². The first-order chi connectivity index (χ1) is 7.58. The maximum atomic E-state index is 13.3. The molecule has 1 N–H and O–H groups in total. The number of hydrogen-bond acceptors (Lipinski definition) is 3. The molecule has 2 aromatic rings. The fourth-order valence-corrected chi connectivity index (χ4v) is 1.20. The van der Waals surface area contributed by atoms with E-state index in [2.05, 4.69) is 9.68 Å². The number of rotatable bonds is 2. The van der Waals surface area contributed by atoms with Gasteiger partial charge in [-0.1, -0.05) is 5.16 Å². The quantitative estimate of drug-likeness (QED) is 0.851. The molecule has 82 valence electrons. The molecule has 0 radical (unpaired) electrons. The third kappa shape index (κ3) is 1.77. The minimum atomic E-state index is -1.32. The lowest BCUT2D eigenvalue weighted by Gasteiger charge is -1.97. The molecule has 0 fully saturated rings. The Bertz CT molecular complexity index is 551. The Morgan fingerprint density at radius 1 is 1.31 bits per heavy atom. The second-order valence-electron chi connectivity index (χ2n) is 3.01. The first kappa shape index (κ1) is 10.3. The zero-order chi connectivity index (χ0) is 11.7. The highest BCUT2D eigenvalue weighted by Crippen LogP contribution is 2.23. The highest BCUT2D eigenvalue weighted by Gasteiger charge is 2.15. The summed E-state index contributed by atoms with van der Waals surface area (Å²) < 4.78 is 30.6. The Balaban J connectivity index is 2.50. The van der Waals surface area contributed by atoms with Crippen molar-refractivity contribution in [3.05, 3.63) is 41.7 Å². The highest BCUT2D eigenvalue weighted by molar-refractivity contribution is 5.85. The molecule has 0 unspecified atom stereocenters. The number of hydrogen-bond donors (Lipinski definition) is 1. The molecule has 2 rings (SSSR count). The number of aromatic carboxylic acids is 1. The van der Waals surface area contributed by atoms with Gasteiger partial charge in [-0.2, -0.15) is 0 Å². The molecule has 16 heavy (non-hydrogen) atoms. The van der Waals surface area contributed by atoms with Gasteiger partial charge < -0.3 is 9.63 Å². The molecule has 4 nitrogen and oxygen atoms in total. The van der Waals surface area contributed by atoms with Gasteiger partial charge in [0.2, 0.25) is 5.76 Å². The van der Waals surface area contributed by atoms with Gasteiger partial charge in [0.05, 0.1) is 0 Å². The SMILES string of the molecule is O=C(O)c1cc(-c2cc(F)ccc2F)no1. The van der Waals surface area contributed by atoms with Crippen LogP contribution < -0.4 is 0 Å². The van der Waals surface area contributed by atoms with Crippen LogP contribution in [0.2, 0.25) is 0 Å². The zero-order valence-electron chi connectivity index (χ0n) is 7.78. The molecule has 0 saturated carbocycles. The smallest absolute Gasteiger partial charge is 0.374 e. The number of carboxylic acid groups (broad SMARTS) is 1. The average molecular weight is 225 g/mol. The molecular formula is C10H5F2NO3. The summed E-state index contributed by atoms with van der Waals surface area (Å²) in [7, 11) is 0. The first-order valence-corrected chi connectivity index (χ1v) is 4.23. The molecule has 1 heterocycles. The molecule has 1 aromatic carbocycles. The van der Waals surface area contributed by atoms with E-state index in [1.165, 1.54) is 0 Å². The van der Waals surface area contributed by atoms with Gasteiger partial charge >= 0.3 is 5.97 Å². The van der Waals surface area contributed by atoms with Crippen LogP contribution in [0.4, 0.5) is 8.78 Å². The van der Waals surface area contributed by atoms with Crippen LogP contribution in [0.5, 0.6) is 0 Å². The minimum Gasteiger partial charge on any atom is -0.475 e. The molecule has 0 aliphatic rings. The summed E-state index contributed by atoms with van der Waals surface area (Å²) in [6.45, 7) is 0. The van der Waals surface area contributed by atoms with E-state index in [1.54, 1.807) is 0 Å². The maximum absolute atomic E-state index is 13.3. The van der Waals surface area contributed by atoms with Crippen LogP contribution in [0, 0.1) is 11.6 Å². The summed E-state index contributed by atoms with van der Waals surface area (Å²) in [5.41, 5.74) is -0.203. The van der Waals surface area contributed by atoms with E-state index in [-0.39, 0.29) is 11.3 Å². The lowest BCUT2D eigenvalue weighted by molar-refractivity contribution is 0.0652. The van der Waals surface area contributed by atoms with Crippen molar-refractivity contribution >= 4 is 5.97 Å². The summed E-state index contributed by atoms with van der Waals surface area (Å²) >= 11 is 0. The maximum Gasteiger partial charge on any atom is 0.374 e. The van der Waals surface area contributed by atoms with E-state index in [9.17, 15) is 13.6 Å². The van der Waals surface area contributed by atoms with Crippen LogP contribution in [0.15, 0.2) is 28.8 Å². The monoisotopic (exact) mass is 225 g/mol. The van der Waals surface area contributed by atoms with E-state index >= 15 is 0 Å². The summed E-state index contributed by atoms with van der Waals surface area (Å²) in [5, 5.41) is 11.9. The lowest BCUT2D eigenvalue weighted by Crippen LogP contribution is -1.91. The zero-order valence-corrected chi connectivity index (χ0v) is 7.78. The molecule has 0 aliphatic heterocycles. The Morgan fingerprint density at radius 2 is 2.06 bits per heavy atom. The largest absolute Gasteiger partial charge is 0.475 e. The summed E-state index contributed by atoms with van der Waals surface area (Å²) in [6, 6.07) is 3.83. The Morgan fingerprint density at radius 3 is 2.69 bits per heavy atom. The van der Waals surface area contributed by atoms with Gasteiger partial charge in [0.25, 0.3) is 0 Å². The van der Waals surface area contributed by atoms with Crippen molar-refractivity contribution in [2.45, 2.75) is 0 Å². The van der Waals surface area contributed by atoms with Crippen LogP contribution in [0.25, 0.3) is 11.3 Å². The minimum absolute atomic E-state index is 0.0607. The van der Waals surface area contributed by atoms with Crippen LogP contribution in [-0.2, 0) is 0 Å². The first-order valence-electron chi connectivity index (χ1n) is 4.23. The third-order valence-corrected chi connectivity index (χ3v) is 1.93.